The third-order valence-electron chi connectivity index (χ3n) is 8.27. The van der Waals surface area contributed by atoms with Crippen molar-refractivity contribution in [3.63, 3.8) is 0 Å². The largest absolute Gasteiger partial charge is 0.642 e. The molecule has 0 aliphatic carbocycles. The number of unbranched alkanes of at least 4 members (excludes halogenated alkanes) is 1. The number of amides is 7. The number of carbonyl (C=O) groups is 7. The standard InChI is InChI=1S/C35H53N5O8.C2H5NO.V/c1-8-10-11-26(31(45)37-25-14-12-24(20-41)13-15-25)38-32(46)30(23(3)4)39-33(47)34(5,6)22-48-35(7,9-2)21-36-27(42)18-19-40-28(43)16-17-29(40)44;1-2(3)4;/h12-17,23,26,30,41H,8-11,18-22H2,1-7H3,(H4,36,37,38,39,42,45,46,47);1H3,(H2,3,4);/p-1/t26-,30?,35?;;/m1../s1. The van der Waals surface area contributed by atoms with E-state index >= 15 is 0 Å². The Morgan fingerprint density at radius 1 is 0.981 bits per heavy atom. The van der Waals surface area contributed by atoms with Crippen LogP contribution in [0.3, 0.4) is 0 Å². The zero-order chi connectivity index (χ0) is 39.6. The molecule has 15 nitrogen and oxygen atoms in total. The molecule has 6 N–H and O–H groups in total. The summed E-state index contributed by atoms with van der Waals surface area (Å²) in [6.45, 7) is 13.8. The molecule has 1 aromatic carbocycles. The summed E-state index contributed by atoms with van der Waals surface area (Å²) in [5.74, 6) is -3.39. The molecule has 0 spiro atoms. The maximum absolute atomic E-state index is 13.5. The van der Waals surface area contributed by atoms with Gasteiger partial charge in [0, 0.05) is 68.2 Å². The van der Waals surface area contributed by atoms with E-state index in [0.717, 1.165) is 11.3 Å². The van der Waals surface area contributed by atoms with E-state index in [2.05, 4.69) is 27.0 Å². The van der Waals surface area contributed by atoms with Gasteiger partial charge in [-0.25, -0.2) is 0 Å². The summed E-state index contributed by atoms with van der Waals surface area (Å²) in [7, 11) is 0. The Morgan fingerprint density at radius 3 is 2.04 bits per heavy atom. The molecule has 0 saturated carbocycles. The number of nitrogens with two attached hydrogens (primary N) is 1. The molecule has 0 saturated heterocycles. The molecule has 1 aromatic rings. The SMILES string of the molecule is CC(N)=O.CCCC[C@@H](NC(=O)C([N-]C(=O)C(C)(C)COC(C)(CC)CNC(=O)CCN1C(=O)C=CC1=O)C(C)C)C(=O)Nc1ccc(CO)cc1.[V]. The van der Waals surface area contributed by atoms with Crippen LogP contribution in [0.15, 0.2) is 36.4 Å². The molecule has 1 radical (unpaired) electrons. The number of anilines is 1. The number of primary amides is 1. The number of aliphatic hydroxyl groups is 1. The van der Waals surface area contributed by atoms with Gasteiger partial charge in [0.2, 0.25) is 23.6 Å². The Balaban J connectivity index is 0.00000513. The van der Waals surface area contributed by atoms with E-state index in [0.29, 0.717) is 30.5 Å². The predicted molar refractivity (Wildman–Crippen MR) is 196 cm³/mol. The van der Waals surface area contributed by atoms with Gasteiger partial charge < -0.3 is 41.6 Å². The monoisotopic (exact) mass is 780 g/mol. The quantitative estimate of drug-likeness (QED) is 0.122. The molecule has 295 valence electrons. The van der Waals surface area contributed by atoms with Crippen molar-refractivity contribution in [2.45, 2.75) is 112 Å². The summed E-state index contributed by atoms with van der Waals surface area (Å²) in [5, 5.41) is 22.0. The fourth-order valence-electron chi connectivity index (χ4n) is 4.60. The molecule has 0 fully saturated rings. The number of aliphatic hydroxyl groups excluding tert-OH is 1. The number of benzene rings is 1. The smallest absolute Gasteiger partial charge is 0.253 e. The van der Waals surface area contributed by atoms with Gasteiger partial charge in [-0.15, -0.1) is 0 Å². The van der Waals surface area contributed by atoms with Crippen LogP contribution in [0.25, 0.3) is 5.32 Å². The zero-order valence-electron chi connectivity index (χ0n) is 32.2. The van der Waals surface area contributed by atoms with Crippen molar-refractivity contribution in [3.05, 3.63) is 47.3 Å². The number of imide groups is 1. The van der Waals surface area contributed by atoms with Crippen molar-refractivity contribution in [1.29, 1.82) is 0 Å². The number of nitrogens with zero attached hydrogens (tertiary/aromatic N) is 2. The number of carbonyl (C=O) groups excluding carboxylic acids is 7. The van der Waals surface area contributed by atoms with Gasteiger partial charge in [-0.1, -0.05) is 72.4 Å². The first-order valence-corrected chi connectivity index (χ1v) is 17.6. The van der Waals surface area contributed by atoms with Gasteiger partial charge in [0.25, 0.3) is 11.8 Å². The number of hydrogen-bond acceptors (Lipinski definition) is 9. The Kier molecular flexibility index (Phi) is 21.8. The first-order valence-electron chi connectivity index (χ1n) is 17.6. The van der Waals surface area contributed by atoms with E-state index in [-0.39, 0.29) is 69.0 Å². The van der Waals surface area contributed by atoms with Crippen molar-refractivity contribution >= 4 is 47.0 Å². The zero-order valence-corrected chi connectivity index (χ0v) is 33.6. The van der Waals surface area contributed by atoms with Crippen LogP contribution in [-0.2, 0) is 63.5 Å². The Bertz CT molecular complexity index is 1410. The maximum atomic E-state index is 13.5. The maximum Gasteiger partial charge on any atom is 0.253 e. The van der Waals surface area contributed by atoms with Crippen LogP contribution in [0.2, 0.25) is 0 Å². The molecule has 1 aliphatic heterocycles. The summed E-state index contributed by atoms with van der Waals surface area (Å²) in [4.78, 5) is 86.2. The minimum atomic E-state index is -1.11. The number of nitrogens with one attached hydrogen (secondary N) is 3. The molecule has 0 aromatic heterocycles. The molecule has 3 atom stereocenters. The molecule has 0 bridgehead atoms. The fourth-order valence-corrected chi connectivity index (χ4v) is 4.60. The fraction of sp³-hybridized carbons (Fsp3) is 0.595. The van der Waals surface area contributed by atoms with Gasteiger partial charge in [-0.05, 0) is 43.5 Å². The second kappa shape index (κ2) is 23.6. The van der Waals surface area contributed by atoms with E-state index < -0.39 is 52.6 Å². The molecule has 1 aliphatic rings. The van der Waals surface area contributed by atoms with Crippen LogP contribution in [0.1, 0.15) is 93.1 Å². The summed E-state index contributed by atoms with van der Waals surface area (Å²) in [6, 6.07) is 4.86. The van der Waals surface area contributed by atoms with Crippen molar-refractivity contribution in [2.24, 2.45) is 17.1 Å². The summed E-state index contributed by atoms with van der Waals surface area (Å²) >= 11 is 0. The van der Waals surface area contributed by atoms with Crippen LogP contribution in [0.4, 0.5) is 5.69 Å². The molecule has 7 amide bonds. The number of ether oxygens (including phenoxy) is 1. The third kappa shape index (κ3) is 17.6. The van der Waals surface area contributed by atoms with E-state index in [4.69, 9.17) is 4.74 Å². The molecular formula is C37H57N6O9V-. The summed E-state index contributed by atoms with van der Waals surface area (Å²) in [5.41, 5.74) is 3.76. The minimum Gasteiger partial charge on any atom is -0.642 e. The molecule has 53 heavy (non-hydrogen) atoms. The number of hydrogen-bond donors (Lipinski definition) is 5. The van der Waals surface area contributed by atoms with Crippen molar-refractivity contribution in [2.75, 3.05) is 25.0 Å². The second-order valence-corrected chi connectivity index (χ2v) is 13.9. The van der Waals surface area contributed by atoms with Crippen molar-refractivity contribution < 1.29 is 62.0 Å². The summed E-state index contributed by atoms with van der Waals surface area (Å²) < 4.78 is 6.15. The van der Waals surface area contributed by atoms with Crippen LogP contribution in [0.5, 0.6) is 0 Å². The van der Waals surface area contributed by atoms with E-state index in [1.54, 1.807) is 58.9 Å². The van der Waals surface area contributed by atoms with E-state index in [9.17, 15) is 38.7 Å². The second-order valence-electron chi connectivity index (χ2n) is 13.9. The molecule has 16 heteroatoms. The minimum absolute atomic E-state index is 0. The van der Waals surface area contributed by atoms with Gasteiger partial charge in [0.05, 0.1) is 24.7 Å². The average molecular weight is 781 g/mol. The van der Waals surface area contributed by atoms with Crippen LogP contribution in [0, 0.1) is 11.3 Å². The van der Waals surface area contributed by atoms with Gasteiger partial charge in [-0.2, -0.15) is 0 Å². The third-order valence-corrected chi connectivity index (χ3v) is 8.27. The average Bonchev–Trinajstić information content (AvgIpc) is 3.41. The van der Waals surface area contributed by atoms with Crippen LogP contribution < -0.4 is 21.7 Å². The van der Waals surface area contributed by atoms with Gasteiger partial charge in [0.1, 0.15) is 6.04 Å². The topological polar surface area (TPSA) is 228 Å². The van der Waals surface area contributed by atoms with Crippen LogP contribution >= 0.6 is 0 Å². The van der Waals surface area contributed by atoms with Gasteiger partial charge >= 0.3 is 0 Å². The predicted octanol–water partition coefficient (Wildman–Crippen LogP) is 2.85. The van der Waals surface area contributed by atoms with E-state index in [1.807, 2.05) is 13.8 Å². The Morgan fingerprint density at radius 2 is 1.55 bits per heavy atom. The molecule has 1 heterocycles. The van der Waals surface area contributed by atoms with Gasteiger partial charge in [-0.3, -0.25) is 33.7 Å². The first kappa shape index (κ1) is 49.0. The molecule has 2 rings (SSSR count). The Hall–Kier alpha value is -4.05. The van der Waals surface area contributed by atoms with E-state index in [1.165, 1.54) is 19.1 Å². The summed E-state index contributed by atoms with van der Waals surface area (Å²) in [6.07, 6.45) is 4.69. The molecular weight excluding hydrogens is 723 g/mol. The Labute approximate surface area is 324 Å². The normalized spacial score (nSPS) is 14.6. The molecule has 2 unspecified atom stereocenters. The van der Waals surface area contributed by atoms with Crippen LogP contribution in [-0.4, -0.2) is 88.7 Å². The van der Waals surface area contributed by atoms with Crippen molar-refractivity contribution in [3.8, 4) is 0 Å². The first-order chi connectivity index (χ1) is 24.3. The van der Waals surface area contributed by atoms with Gasteiger partial charge in [0.15, 0.2) is 0 Å². The number of rotatable bonds is 20. The van der Waals surface area contributed by atoms with Crippen molar-refractivity contribution in [1.82, 2.24) is 15.5 Å².